The molecule has 18 heavy (non-hydrogen) atoms. The van der Waals surface area contributed by atoms with Crippen LogP contribution >= 0.6 is 0 Å². The third-order valence-corrected chi connectivity index (χ3v) is 4.91. The van der Waals surface area contributed by atoms with E-state index in [-0.39, 0.29) is 17.1 Å². The summed E-state index contributed by atoms with van der Waals surface area (Å²) in [6.07, 6.45) is 0.476. The summed E-state index contributed by atoms with van der Waals surface area (Å²) in [7, 11) is -3.84. The minimum absolute atomic E-state index is 0.0261. The van der Waals surface area contributed by atoms with E-state index in [1.165, 1.54) is 12.1 Å². The van der Waals surface area contributed by atoms with Crippen molar-refractivity contribution in [2.75, 3.05) is 18.8 Å². The van der Waals surface area contributed by atoms with E-state index < -0.39 is 21.9 Å². The van der Waals surface area contributed by atoms with Crippen molar-refractivity contribution in [2.45, 2.75) is 23.8 Å². The largest absolute Gasteiger partial charge is 0.395 e. The molecule has 1 saturated heterocycles. The van der Waals surface area contributed by atoms with Gasteiger partial charge in [-0.15, -0.1) is 0 Å². The molecule has 0 unspecified atom stereocenters. The fourth-order valence-corrected chi connectivity index (χ4v) is 3.66. The highest BCUT2D eigenvalue weighted by atomic mass is 32.2. The van der Waals surface area contributed by atoms with Gasteiger partial charge in [-0.3, -0.25) is 0 Å². The van der Waals surface area contributed by atoms with Crippen molar-refractivity contribution >= 4 is 15.7 Å². The highest BCUT2D eigenvalue weighted by Crippen LogP contribution is 2.26. The average molecular weight is 274 g/mol. The van der Waals surface area contributed by atoms with Gasteiger partial charge in [0.15, 0.2) is 0 Å². The number of piperidine rings is 1. The predicted molar refractivity (Wildman–Crippen MR) is 64.8 cm³/mol. The number of benzene rings is 1. The number of β-amino-alcohol motifs (C(OH)–C–C–N with tert-alkyl or cyclic N) is 1. The molecule has 0 radical (unpaired) electrons. The SMILES string of the molecule is Nc1c(F)cccc1S(=O)(=O)N1CCC[C@H](O)C1. The zero-order valence-electron chi connectivity index (χ0n) is 9.71. The number of sulfonamides is 1. The van der Waals surface area contributed by atoms with Gasteiger partial charge in [-0.1, -0.05) is 6.07 Å². The molecule has 0 spiro atoms. The Bertz CT molecular complexity index is 547. The Kier molecular flexibility index (Phi) is 3.56. The summed E-state index contributed by atoms with van der Waals surface area (Å²) in [5.41, 5.74) is 5.09. The summed E-state index contributed by atoms with van der Waals surface area (Å²) in [5.74, 6) is -0.756. The second-order valence-electron chi connectivity index (χ2n) is 4.31. The van der Waals surface area contributed by atoms with Crippen molar-refractivity contribution in [1.82, 2.24) is 4.31 Å². The topological polar surface area (TPSA) is 83.6 Å². The molecule has 5 nitrogen and oxygen atoms in total. The van der Waals surface area contributed by atoms with E-state index in [0.29, 0.717) is 19.4 Å². The monoisotopic (exact) mass is 274 g/mol. The van der Waals surface area contributed by atoms with Crippen LogP contribution in [0.2, 0.25) is 0 Å². The molecule has 1 atom stereocenters. The Labute approximate surface area is 105 Å². The summed E-state index contributed by atoms with van der Waals surface area (Å²) < 4.78 is 39.0. The van der Waals surface area contributed by atoms with Gasteiger partial charge in [0.25, 0.3) is 0 Å². The zero-order chi connectivity index (χ0) is 13.3. The summed E-state index contributed by atoms with van der Waals surface area (Å²) >= 11 is 0. The van der Waals surface area contributed by atoms with Gasteiger partial charge in [-0.05, 0) is 25.0 Å². The van der Waals surface area contributed by atoms with Crippen LogP contribution in [-0.2, 0) is 10.0 Å². The molecule has 100 valence electrons. The van der Waals surface area contributed by atoms with Crippen LogP contribution in [0.5, 0.6) is 0 Å². The summed E-state index contributed by atoms with van der Waals surface area (Å²) in [6, 6.07) is 3.69. The van der Waals surface area contributed by atoms with Crippen LogP contribution in [0.1, 0.15) is 12.8 Å². The Morgan fingerprint density at radius 2 is 2.17 bits per heavy atom. The van der Waals surface area contributed by atoms with Gasteiger partial charge in [0.1, 0.15) is 10.7 Å². The molecule has 0 aromatic heterocycles. The van der Waals surface area contributed by atoms with Crippen LogP contribution in [0.4, 0.5) is 10.1 Å². The van der Waals surface area contributed by atoms with Gasteiger partial charge < -0.3 is 10.8 Å². The van der Waals surface area contributed by atoms with E-state index in [4.69, 9.17) is 5.73 Å². The highest BCUT2D eigenvalue weighted by Gasteiger charge is 2.31. The van der Waals surface area contributed by atoms with Crippen LogP contribution in [0.25, 0.3) is 0 Å². The zero-order valence-corrected chi connectivity index (χ0v) is 10.5. The Morgan fingerprint density at radius 3 is 2.83 bits per heavy atom. The molecule has 1 fully saturated rings. The molecular weight excluding hydrogens is 259 g/mol. The van der Waals surface area contributed by atoms with E-state index in [2.05, 4.69) is 0 Å². The van der Waals surface area contributed by atoms with Crippen molar-refractivity contribution in [3.63, 3.8) is 0 Å². The molecule has 1 aliphatic heterocycles. The lowest BCUT2D eigenvalue weighted by Gasteiger charge is -2.29. The number of hydrogen-bond acceptors (Lipinski definition) is 4. The lowest BCUT2D eigenvalue weighted by molar-refractivity contribution is 0.108. The predicted octanol–water partition coefficient (Wildman–Crippen LogP) is 0.553. The Hall–Kier alpha value is -1.18. The number of nitrogens with zero attached hydrogens (tertiary/aromatic N) is 1. The van der Waals surface area contributed by atoms with E-state index >= 15 is 0 Å². The maximum atomic E-state index is 13.3. The van der Waals surface area contributed by atoms with Crippen molar-refractivity contribution in [2.24, 2.45) is 0 Å². The van der Waals surface area contributed by atoms with Gasteiger partial charge in [0.2, 0.25) is 10.0 Å². The second kappa shape index (κ2) is 4.83. The summed E-state index contributed by atoms with van der Waals surface area (Å²) in [6.45, 7) is 0.341. The van der Waals surface area contributed by atoms with Crippen molar-refractivity contribution < 1.29 is 17.9 Å². The quantitative estimate of drug-likeness (QED) is 0.772. The molecular formula is C11H15FN2O3S. The number of hydrogen-bond donors (Lipinski definition) is 2. The number of nitrogens with two attached hydrogens (primary N) is 1. The summed E-state index contributed by atoms with van der Waals surface area (Å²) in [5, 5.41) is 9.50. The van der Waals surface area contributed by atoms with Crippen molar-refractivity contribution in [3.05, 3.63) is 24.0 Å². The third kappa shape index (κ3) is 2.33. The average Bonchev–Trinajstić information content (AvgIpc) is 2.32. The number of halogens is 1. The normalized spacial score (nSPS) is 22.0. The fourth-order valence-electron chi connectivity index (χ4n) is 2.02. The molecule has 1 aromatic carbocycles. The van der Waals surface area contributed by atoms with Crippen molar-refractivity contribution in [1.29, 1.82) is 0 Å². The minimum atomic E-state index is -3.84. The lowest BCUT2D eigenvalue weighted by atomic mass is 10.1. The van der Waals surface area contributed by atoms with E-state index in [1.807, 2.05) is 0 Å². The summed E-state index contributed by atoms with van der Waals surface area (Å²) in [4.78, 5) is -0.239. The van der Waals surface area contributed by atoms with Gasteiger partial charge in [-0.25, -0.2) is 12.8 Å². The molecule has 0 amide bonds. The molecule has 0 bridgehead atoms. The van der Waals surface area contributed by atoms with Gasteiger partial charge in [0.05, 0.1) is 11.8 Å². The maximum absolute atomic E-state index is 13.3. The van der Waals surface area contributed by atoms with Crippen molar-refractivity contribution in [3.8, 4) is 0 Å². The van der Waals surface area contributed by atoms with Crippen LogP contribution in [-0.4, -0.2) is 37.0 Å². The number of aliphatic hydroxyl groups excluding tert-OH is 1. The smallest absolute Gasteiger partial charge is 0.245 e. The second-order valence-corrected chi connectivity index (χ2v) is 6.22. The highest BCUT2D eigenvalue weighted by molar-refractivity contribution is 7.89. The molecule has 3 N–H and O–H groups in total. The standard InChI is InChI=1S/C11H15FN2O3S/c12-9-4-1-5-10(11(9)13)18(16,17)14-6-2-3-8(15)7-14/h1,4-5,8,15H,2-3,6-7,13H2/t8-/m0/s1. The van der Waals surface area contributed by atoms with Gasteiger partial charge >= 0.3 is 0 Å². The molecule has 1 aliphatic rings. The molecule has 1 heterocycles. The van der Waals surface area contributed by atoms with Gasteiger partial charge in [0, 0.05) is 13.1 Å². The molecule has 0 saturated carbocycles. The molecule has 0 aliphatic carbocycles. The van der Waals surface area contributed by atoms with Crippen LogP contribution in [0.3, 0.4) is 0 Å². The number of para-hydroxylation sites is 1. The number of anilines is 1. The molecule has 2 rings (SSSR count). The Balaban J connectivity index is 2.39. The first-order valence-corrected chi connectivity index (χ1v) is 7.09. The first-order chi connectivity index (χ1) is 8.43. The minimum Gasteiger partial charge on any atom is -0.395 e. The lowest BCUT2D eigenvalue weighted by Crippen LogP contribution is -2.42. The van der Waals surface area contributed by atoms with Crippen LogP contribution in [0, 0.1) is 5.82 Å². The van der Waals surface area contributed by atoms with E-state index in [1.54, 1.807) is 0 Å². The maximum Gasteiger partial charge on any atom is 0.245 e. The van der Waals surface area contributed by atoms with Gasteiger partial charge in [-0.2, -0.15) is 4.31 Å². The fraction of sp³-hybridized carbons (Fsp3) is 0.455. The molecule has 7 heteroatoms. The molecule has 1 aromatic rings. The third-order valence-electron chi connectivity index (χ3n) is 2.99. The Morgan fingerprint density at radius 1 is 1.44 bits per heavy atom. The van der Waals surface area contributed by atoms with Crippen LogP contribution in [0.15, 0.2) is 23.1 Å². The number of aliphatic hydroxyl groups is 1. The van der Waals surface area contributed by atoms with Crippen LogP contribution < -0.4 is 5.73 Å². The van der Waals surface area contributed by atoms with E-state index in [9.17, 15) is 17.9 Å². The first-order valence-electron chi connectivity index (χ1n) is 5.65. The first kappa shape index (κ1) is 13.3. The number of rotatable bonds is 2. The van der Waals surface area contributed by atoms with E-state index in [0.717, 1.165) is 10.4 Å². The number of nitrogen functional groups attached to an aromatic ring is 1.